The first-order valence-corrected chi connectivity index (χ1v) is 9.08. The van der Waals surface area contributed by atoms with Crippen LogP contribution >= 0.6 is 0 Å². The van der Waals surface area contributed by atoms with Gasteiger partial charge in [0.05, 0.1) is 0 Å². The van der Waals surface area contributed by atoms with E-state index < -0.39 is 11.8 Å². The van der Waals surface area contributed by atoms with Gasteiger partial charge in [0.15, 0.2) is 0 Å². The minimum atomic E-state index is -0.605. The van der Waals surface area contributed by atoms with Gasteiger partial charge < -0.3 is 11.5 Å². The maximum absolute atomic E-state index is 11.6. The van der Waals surface area contributed by atoms with E-state index in [0.717, 1.165) is 12.8 Å². The first-order chi connectivity index (χ1) is 11.1. The van der Waals surface area contributed by atoms with E-state index in [4.69, 9.17) is 11.5 Å². The first-order valence-electron chi connectivity index (χ1n) is 9.08. The number of nitrogens with two attached hydrogens (primary N) is 2. The Hall–Kier alpha value is -1.58. The first kappa shape index (κ1) is 18.8. The van der Waals surface area contributed by atoms with E-state index >= 15 is 0 Å². The summed E-state index contributed by atoms with van der Waals surface area (Å²) in [7, 11) is 0. The predicted octanol–water partition coefficient (Wildman–Crippen LogP) is 3.46. The molecule has 0 spiro atoms. The number of fused-ring (bicyclic) bond motifs is 1. The molecule has 0 bridgehead atoms. The third kappa shape index (κ3) is 3.28. The zero-order valence-corrected chi connectivity index (χ0v) is 15.5. The molecule has 0 aromatic heterocycles. The molecule has 0 heterocycles. The van der Waals surface area contributed by atoms with Crippen molar-refractivity contribution in [3.63, 3.8) is 0 Å². The highest BCUT2D eigenvalue weighted by Crippen LogP contribution is 2.61. The summed E-state index contributed by atoms with van der Waals surface area (Å²) in [6.45, 7) is 9.36. The molecule has 4 heteroatoms. The number of allylic oxidation sites excluding steroid dienone is 2. The molecule has 134 valence electrons. The van der Waals surface area contributed by atoms with E-state index in [9.17, 15) is 9.59 Å². The van der Waals surface area contributed by atoms with Gasteiger partial charge in [0.1, 0.15) is 0 Å². The van der Waals surface area contributed by atoms with Crippen molar-refractivity contribution in [2.24, 2.45) is 34.1 Å². The number of hydrogen-bond acceptors (Lipinski definition) is 2. The van der Waals surface area contributed by atoms with E-state index in [1.54, 1.807) is 0 Å². The molecule has 0 unspecified atom stereocenters. The molecule has 1 fully saturated rings. The van der Waals surface area contributed by atoms with Crippen LogP contribution in [0.2, 0.25) is 0 Å². The second-order valence-electron chi connectivity index (χ2n) is 8.32. The molecule has 4 nitrogen and oxygen atoms in total. The van der Waals surface area contributed by atoms with Gasteiger partial charge in [0.25, 0.3) is 0 Å². The van der Waals surface area contributed by atoms with E-state index in [0.29, 0.717) is 23.8 Å². The number of hydrogen-bond donors (Lipinski definition) is 2. The maximum atomic E-state index is 11.6. The van der Waals surface area contributed by atoms with Crippen molar-refractivity contribution < 1.29 is 9.59 Å². The van der Waals surface area contributed by atoms with Gasteiger partial charge in [0.2, 0.25) is 11.8 Å². The van der Waals surface area contributed by atoms with Gasteiger partial charge in [-0.15, -0.1) is 0 Å². The molecule has 0 saturated heterocycles. The zero-order chi connectivity index (χ0) is 18.1. The molecular formula is C20H32N2O2. The van der Waals surface area contributed by atoms with Crippen molar-refractivity contribution in [1.82, 2.24) is 0 Å². The average molecular weight is 332 g/mol. The third-order valence-electron chi connectivity index (χ3n) is 7.16. The molecular weight excluding hydrogens is 300 g/mol. The highest BCUT2D eigenvalue weighted by molar-refractivity contribution is 5.99. The van der Waals surface area contributed by atoms with Crippen LogP contribution in [0.1, 0.15) is 66.2 Å². The van der Waals surface area contributed by atoms with Crippen LogP contribution < -0.4 is 11.5 Å². The molecule has 2 aliphatic rings. The fraction of sp³-hybridized carbons (Fsp3) is 0.700. The van der Waals surface area contributed by atoms with Crippen molar-refractivity contribution in [3.05, 3.63) is 23.3 Å². The largest absolute Gasteiger partial charge is 0.366 e. The Morgan fingerprint density at radius 3 is 2.54 bits per heavy atom. The smallest absolute Gasteiger partial charge is 0.244 e. The Balaban J connectivity index is 2.27. The number of carbonyl (C=O) groups is 2. The topological polar surface area (TPSA) is 86.2 Å². The van der Waals surface area contributed by atoms with Gasteiger partial charge in [-0.05, 0) is 68.1 Å². The monoisotopic (exact) mass is 332 g/mol. The second-order valence-corrected chi connectivity index (χ2v) is 8.32. The van der Waals surface area contributed by atoms with Crippen LogP contribution in [0, 0.1) is 22.7 Å². The van der Waals surface area contributed by atoms with E-state index in [-0.39, 0.29) is 10.8 Å². The van der Waals surface area contributed by atoms with Gasteiger partial charge >= 0.3 is 0 Å². The highest BCUT2D eigenvalue weighted by atomic mass is 16.1. The lowest BCUT2D eigenvalue weighted by Gasteiger charge is -2.58. The van der Waals surface area contributed by atoms with Gasteiger partial charge in [-0.2, -0.15) is 0 Å². The van der Waals surface area contributed by atoms with Crippen molar-refractivity contribution in [2.75, 3.05) is 0 Å². The van der Waals surface area contributed by atoms with E-state index in [2.05, 4.69) is 33.8 Å². The van der Waals surface area contributed by atoms with E-state index in [1.807, 2.05) is 0 Å². The molecule has 2 aliphatic carbocycles. The second kappa shape index (κ2) is 6.73. The van der Waals surface area contributed by atoms with Crippen LogP contribution in [-0.2, 0) is 9.59 Å². The summed E-state index contributed by atoms with van der Waals surface area (Å²) in [5.41, 5.74) is 12.9. The zero-order valence-electron chi connectivity index (χ0n) is 15.5. The summed E-state index contributed by atoms with van der Waals surface area (Å²) in [6.07, 6.45) is 9.74. The average Bonchev–Trinajstić information content (AvgIpc) is 2.50. The molecule has 1 saturated carbocycles. The highest BCUT2D eigenvalue weighted by Gasteiger charge is 2.52. The van der Waals surface area contributed by atoms with Crippen molar-refractivity contribution in [2.45, 2.75) is 66.2 Å². The van der Waals surface area contributed by atoms with Gasteiger partial charge in [-0.1, -0.05) is 32.4 Å². The van der Waals surface area contributed by atoms with Crippen LogP contribution in [0.15, 0.2) is 23.3 Å². The summed E-state index contributed by atoms with van der Waals surface area (Å²) >= 11 is 0. The lowest BCUT2D eigenvalue weighted by molar-refractivity contribution is -0.116. The lowest BCUT2D eigenvalue weighted by atomic mass is 9.47. The van der Waals surface area contributed by atoms with Crippen molar-refractivity contribution >= 4 is 11.8 Å². The number of carbonyl (C=O) groups excluding carboxylic acids is 2. The quantitative estimate of drug-likeness (QED) is 0.596. The third-order valence-corrected chi connectivity index (χ3v) is 7.16. The Kier molecular flexibility index (Phi) is 5.26. The Labute approximate surface area is 145 Å². The summed E-state index contributed by atoms with van der Waals surface area (Å²) in [4.78, 5) is 22.8. The molecule has 24 heavy (non-hydrogen) atoms. The predicted molar refractivity (Wildman–Crippen MR) is 96.8 cm³/mol. The maximum Gasteiger partial charge on any atom is 0.244 e. The van der Waals surface area contributed by atoms with Gasteiger partial charge in [0, 0.05) is 11.6 Å². The minimum Gasteiger partial charge on any atom is -0.366 e. The van der Waals surface area contributed by atoms with Crippen LogP contribution in [0.3, 0.4) is 0 Å². The summed E-state index contributed by atoms with van der Waals surface area (Å²) in [6, 6.07) is 0. The molecule has 4 atom stereocenters. The molecule has 2 rings (SSSR count). The SMILES string of the molecule is CC1=CCC[C@@H]2[C@@](C)(CC/C(=C/C(N)=O)C(N)=O)[C@H](C)CC[C@@]12C. The fourth-order valence-electron chi connectivity index (χ4n) is 5.17. The fourth-order valence-corrected chi connectivity index (χ4v) is 5.17. The van der Waals surface area contributed by atoms with Crippen LogP contribution in [-0.4, -0.2) is 11.8 Å². The minimum absolute atomic E-state index is 0.134. The summed E-state index contributed by atoms with van der Waals surface area (Å²) < 4.78 is 0. The Morgan fingerprint density at radius 2 is 1.96 bits per heavy atom. The van der Waals surface area contributed by atoms with E-state index in [1.165, 1.54) is 30.9 Å². The van der Waals surface area contributed by atoms with Crippen LogP contribution in [0.4, 0.5) is 0 Å². The van der Waals surface area contributed by atoms with Crippen LogP contribution in [0.25, 0.3) is 0 Å². The number of rotatable bonds is 5. The molecule has 0 radical (unpaired) electrons. The van der Waals surface area contributed by atoms with Gasteiger partial charge in [-0.3, -0.25) is 9.59 Å². The standard InChI is InChI=1S/C20H32N2O2/c1-13-6-5-7-16-19(13,3)10-8-14(2)20(16,4)11-9-15(18(22)24)12-17(21)23/h6,12,14,16H,5,7-11H2,1-4H3,(H2,21,23)(H2,22,24)/b15-12-/t14-,16+,19+,20+/m1/s1. The lowest BCUT2D eigenvalue weighted by Crippen LogP contribution is -2.49. The van der Waals surface area contributed by atoms with Gasteiger partial charge in [-0.25, -0.2) is 0 Å². The molecule has 0 aromatic carbocycles. The summed E-state index contributed by atoms with van der Waals surface area (Å²) in [5, 5.41) is 0. The molecule has 2 amide bonds. The van der Waals surface area contributed by atoms with Crippen molar-refractivity contribution in [3.8, 4) is 0 Å². The number of primary amides is 2. The molecule has 0 aliphatic heterocycles. The number of amides is 2. The summed E-state index contributed by atoms with van der Waals surface area (Å²) in [5.74, 6) is 0.0425. The van der Waals surface area contributed by atoms with Crippen LogP contribution in [0.5, 0.6) is 0 Å². The molecule has 4 N–H and O–H groups in total. The molecule has 0 aromatic rings. The van der Waals surface area contributed by atoms with Crippen molar-refractivity contribution in [1.29, 1.82) is 0 Å². The Morgan fingerprint density at radius 1 is 1.29 bits per heavy atom. The Bertz CT molecular complexity index is 592. The normalized spacial score (nSPS) is 36.7.